The van der Waals surface area contributed by atoms with Gasteiger partial charge < -0.3 is 29.2 Å². The average molecular weight is 1170 g/mol. The molecule has 0 aromatic heterocycles. The molecule has 0 heterocycles. The first-order valence-corrected chi connectivity index (χ1v) is 34.4. The second-order valence-corrected chi connectivity index (χ2v) is 29.2. The summed E-state index contributed by atoms with van der Waals surface area (Å²) >= 11 is 0. The van der Waals surface area contributed by atoms with Crippen molar-refractivity contribution >= 4 is 57.9 Å². The van der Waals surface area contributed by atoms with Crippen molar-refractivity contribution in [3.8, 4) is 23.0 Å². The van der Waals surface area contributed by atoms with E-state index in [2.05, 4.69) is 182 Å². The molecule has 7 aromatic rings. The van der Waals surface area contributed by atoms with Gasteiger partial charge in [-0.25, -0.2) is 0 Å². The number of methoxy groups -OCH3 is 4. The van der Waals surface area contributed by atoms with E-state index in [9.17, 15) is 19.8 Å². The van der Waals surface area contributed by atoms with E-state index in [0.717, 1.165) is 37.7 Å². The number of ether oxygens (including phenoxy) is 4. The highest BCUT2D eigenvalue weighted by atomic mass is 31.2. The predicted octanol–water partition coefficient (Wildman–Crippen LogP) is 15.5. The van der Waals surface area contributed by atoms with Crippen LogP contribution in [0.2, 0.25) is 0 Å². The Morgan fingerprint density at radius 2 is 0.607 bits per heavy atom. The second-order valence-electron chi connectivity index (χ2n) is 21.9. The molecule has 442 valence electrons. The molecule has 0 fully saturated rings. The fraction of sp³-hybridized carbons (Fsp3) is 0.351. The molecular formula is C74H90O8P2+2. The molecule has 8 nitrogen and oxygen atoms in total. The molecule has 0 saturated heterocycles. The van der Waals surface area contributed by atoms with Gasteiger partial charge >= 0.3 is 0 Å². The number of Topliss-reactive ketones (excluding diaryl/α,β-unsaturated/α-hetero) is 2. The van der Waals surface area contributed by atoms with E-state index in [1.807, 2.05) is 6.92 Å². The Balaban J connectivity index is 0.000000241. The summed E-state index contributed by atoms with van der Waals surface area (Å²) in [5, 5.41) is 29.9. The molecule has 0 unspecified atom stereocenters. The number of hydrogen-bond donors (Lipinski definition) is 2. The number of unbranched alkanes of at least 4 members (excludes halogenated alkanes) is 14. The highest BCUT2D eigenvalue weighted by Crippen LogP contribution is 2.57. The zero-order valence-corrected chi connectivity index (χ0v) is 52.5. The van der Waals surface area contributed by atoms with Crippen LogP contribution in [-0.2, 0) is 25.5 Å². The van der Waals surface area contributed by atoms with Crippen LogP contribution in [0.4, 0.5) is 0 Å². The number of phenolic OH excluding ortho intramolecular Hbond substituents is 2. The minimum atomic E-state index is -1.74. The maximum atomic E-state index is 12.8. The summed E-state index contributed by atoms with van der Waals surface area (Å²) in [7, 11) is 2.27. The summed E-state index contributed by atoms with van der Waals surface area (Å²) in [5.41, 5.74) is 2.45. The topological polar surface area (TPSA) is 112 Å². The van der Waals surface area contributed by atoms with Crippen LogP contribution in [0.1, 0.15) is 127 Å². The predicted molar refractivity (Wildman–Crippen MR) is 354 cm³/mol. The monoisotopic (exact) mass is 1170 g/mol. The lowest BCUT2D eigenvalue weighted by atomic mass is 9.89. The van der Waals surface area contributed by atoms with Gasteiger partial charge in [0, 0.05) is 22.3 Å². The molecule has 0 saturated carbocycles. The van der Waals surface area contributed by atoms with E-state index in [-0.39, 0.29) is 46.1 Å². The number of carbonyl (C=O) groups is 2. The fourth-order valence-corrected chi connectivity index (χ4v) is 21.0. The second kappa shape index (κ2) is 33.5. The standard InChI is InChI=1S/C37H45O4P.C37H44O4P/c2*1-29-33(35(39)37(41-3)36(40-2)34(29)38)27-19-8-6-4-5-7-9-20-28-42(30-21-13-10-14-22-30,31-23-15-11-16-24-31)32-25-17-12-18-26-32/h10-18,21-26H,4-9,19-20,27-28H2,1-3H3,(H-,38,39);10-18,21-26H,4-9,19-20,27-28H2,1-3H3/q;+1/p+1. The van der Waals surface area contributed by atoms with Crippen LogP contribution in [-0.4, -0.2) is 62.5 Å². The van der Waals surface area contributed by atoms with Crippen LogP contribution in [0.25, 0.3) is 0 Å². The van der Waals surface area contributed by atoms with Crippen LogP contribution in [0, 0.1) is 6.92 Å². The van der Waals surface area contributed by atoms with E-state index in [4.69, 9.17) is 18.9 Å². The van der Waals surface area contributed by atoms with Gasteiger partial charge in [0.2, 0.25) is 34.6 Å². The van der Waals surface area contributed by atoms with E-state index in [1.54, 1.807) is 6.92 Å². The van der Waals surface area contributed by atoms with E-state index in [1.165, 1.54) is 143 Å². The van der Waals surface area contributed by atoms with Gasteiger partial charge in [-0.2, -0.15) is 0 Å². The normalized spacial score (nSPS) is 12.7. The van der Waals surface area contributed by atoms with Crippen LogP contribution in [0.15, 0.2) is 205 Å². The third-order valence-corrected chi connectivity index (χ3v) is 25.8. The van der Waals surface area contributed by atoms with E-state index >= 15 is 0 Å². The summed E-state index contributed by atoms with van der Waals surface area (Å²) in [4.78, 5) is 25.4. The van der Waals surface area contributed by atoms with Gasteiger partial charge in [0.05, 0.1) is 40.8 Å². The number of aromatic hydroxyl groups is 2. The summed E-state index contributed by atoms with van der Waals surface area (Å²) in [6, 6.07) is 66.8. The maximum absolute atomic E-state index is 12.8. The third-order valence-electron chi connectivity index (χ3n) is 16.8. The number of allylic oxidation sites excluding steroid dienone is 2. The molecular weight excluding hydrogens is 1080 g/mol. The zero-order chi connectivity index (χ0) is 59.6. The van der Waals surface area contributed by atoms with Crippen molar-refractivity contribution in [3.05, 3.63) is 216 Å². The quantitative estimate of drug-likeness (QED) is 0.0186. The summed E-state index contributed by atoms with van der Waals surface area (Å²) < 4.78 is 20.9. The average Bonchev–Trinajstić information content (AvgIpc) is 3.00. The number of rotatable bonds is 32. The van der Waals surface area contributed by atoms with Gasteiger partial charge in [0.1, 0.15) is 46.4 Å². The lowest BCUT2D eigenvalue weighted by Gasteiger charge is -2.27. The molecule has 7 aromatic carbocycles. The Kier molecular flexibility index (Phi) is 25.8. The van der Waals surface area contributed by atoms with Crippen molar-refractivity contribution in [1.29, 1.82) is 0 Å². The van der Waals surface area contributed by atoms with Gasteiger partial charge in [0.25, 0.3) is 0 Å². The molecule has 8 rings (SSSR count). The molecule has 0 spiro atoms. The fourth-order valence-electron chi connectivity index (χ4n) is 12.2. The Morgan fingerprint density at radius 3 is 0.917 bits per heavy atom. The molecule has 0 radical (unpaired) electrons. The molecule has 10 heteroatoms. The van der Waals surface area contributed by atoms with Crippen LogP contribution in [0.5, 0.6) is 23.0 Å². The van der Waals surface area contributed by atoms with Crippen molar-refractivity contribution in [3.63, 3.8) is 0 Å². The number of benzene rings is 7. The molecule has 1 aliphatic rings. The molecule has 0 atom stereocenters. The van der Waals surface area contributed by atoms with Crippen molar-refractivity contribution in [2.75, 3.05) is 40.8 Å². The number of carbonyl (C=O) groups excluding carboxylic acids is 2. The maximum Gasteiger partial charge on any atom is 0.228 e. The molecule has 0 amide bonds. The van der Waals surface area contributed by atoms with Gasteiger partial charge in [-0.3, -0.25) is 9.59 Å². The van der Waals surface area contributed by atoms with Crippen LogP contribution in [0.3, 0.4) is 0 Å². The summed E-state index contributed by atoms with van der Waals surface area (Å²) in [6.45, 7) is 3.53. The number of hydrogen-bond acceptors (Lipinski definition) is 8. The minimum absolute atomic E-state index is 0.0134. The van der Waals surface area contributed by atoms with E-state index in [0.29, 0.717) is 29.6 Å². The van der Waals surface area contributed by atoms with Crippen LogP contribution < -0.4 is 41.3 Å². The number of phenols is 2. The Hall–Kier alpha value is -6.98. The third kappa shape index (κ3) is 15.9. The van der Waals surface area contributed by atoms with Gasteiger partial charge in [0.15, 0.2) is 11.5 Å². The van der Waals surface area contributed by atoms with Crippen molar-refractivity contribution in [2.24, 2.45) is 0 Å². The summed E-state index contributed by atoms with van der Waals surface area (Å²) in [5.74, 6) is 0.0844. The van der Waals surface area contributed by atoms with Crippen LogP contribution >= 0.6 is 14.5 Å². The van der Waals surface area contributed by atoms with Crippen molar-refractivity contribution in [1.82, 2.24) is 0 Å². The first kappa shape index (κ1) is 64.6. The van der Waals surface area contributed by atoms with Gasteiger partial charge in [-0.05, 0) is 138 Å². The highest BCUT2D eigenvalue weighted by molar-refractivity contribution is 7.96. The SMILES string of the molecule is COC1=C(OC)C(=O)C(CCCCCCCCCC[P+](c2ccccc2)(c2ccccc2)c2ccccc2)=C(C)C1=O.COc1c(O)c(C)c(CCCCCCCCCC[P+](c2ccccc2)(c2ccccc2)c2ccccc2)c(O)c1OC. The Bertz CT molecular complexity index is 2990. The van der Waals surface area contributed by atoms with Crippen molar-refractivity contribution < 1.29 is 38.7 Å². The molecule has 1 aliphatic carbocycles. The van der Waals surface area contributed by atoms with E-state index < -0.39 is 14.5 Å². The zero-order valence-electron chi connectivity index (χ0n) is 50.7. The Labute approximate surface area is 503 Å². The summed E-state index contributed by atoms with van der Waals surface area (Å²) in [6.07, 6.45) is 22.2. The van der Waals surface area contributed by atoms with Gasteiger partial charge in [-0.1, -0.05) is 173 Å². The number of ketones is 2. The Morgan fingerprint density at radius 1 is 0.333 bits per heavy atom. The minimum Gasteiger partial charge on any atom is -0.504 e. The lowest BCUT2D eigenvalue weighted by Crippen LogP contribution is -2.33. The molecule has 0 bridgehead atoms. The lowest BCUT2D eigenvalue weighted by molar-refractivity contribution is -0.121. The molecule has 0 aliphatic heterocycles. The first-order chi connectivity index (χ1) is 41.1. The smallest absolute Gasteiger partial charge is 0.228 e. The largest absolute Gasteiger partial charge is 0.504 e. The highest BCUT2D eigenvalue weighted by Gasteiger charge is 2.46. The van der Waals surface area contributed by atoms with Crippen molar-refractivity contribution in [2.45, 2.75) is 129 Å². The molecule has 2 N–H and O–H groups in total. The first-order valence-electron chi connectivity index (χ1n) is 30.5. The van der Waals surface area contributed by atoms with Gasteiger partial charge in [-0.15, -0.1) is 0 Å². The molecule has 84 heavy (non-hydrogen) atoms.